The third-order valence-corrected chi connectivity index (χ3v) is 3.19. The zero-order valence-corrected chi connectivity index (χ0v) is 6.71. The summed E-state index contributed by atoms with van der Waals surface area (Å²) in [5, 5.41) is 0.105. The Morgan fingerprint density at radius 2 is 2.36 bits per heavy atom. The van der Waals surface area contributed by atoms with Gasteiger partial charge in [-0.3, -0.25) is 4.55 Å². The van der Waals surface area contributed by atoms with Crippen LogP contribution >= 0.6 is 0 Å². The van der Waals surface area contributed by atoms with Gasteiger partial charge >= 0.3 is 10.1 Å². The van der Waals surface area contributed by atoms with E-state index < -0.39 is 10.1 Å². The SMILES string of the molecule is O=S(=O)(O)C1=CCC2CCN12. The maximum Gasteiger partial charge on any atom is 0.309 e. The lowest BCUT2D eigenvalue weighted by Gasteiger charge is -2.37. The lowest BCUT2D eigenvalue weighted by molar-refractivity contribution is 0.167. The summed E-state index contributed by atoms with van der Waals surface area (Å²) in [4.78, 5) is 1.73. The topological polar surface area (TPSA) is 57.6 Å². The Kier molecular flexibility index (Phi) is 1.28. The summed E-state index contributed by atoms with van der Waals surface area (Å²) in [6.07, 6.45) is 3.39. The Morgan fingerprint density at radius 1 is 1.64 bits per heavy atom. The lowest BCUT2D eigenvalue weighted by atomic mass is 10.1. The summed E-state index contributed by atoms with van der Waals surface area (Å²) in [5.41, 5.74) is 0. The molecule has 0 amide bonds. The van der Waals surface area contributed by atoms with Gasteiger partial charge in [-0.2, -0.15) is 8.42 Å². The first kappa shape index (κ1) is 7.12. The van der Waals surface area contributed by atoms with Gasteiger partial charge in [0, 0.05) is 12.6 Å². The molecule has 0 bridgehead atoms. The molecule has 2 aliphatic heterocycles. The molecule has 4 nitrogen and oxygen atoms in total. The van der Waals surface area contributed by atoms with E-state index >= 15 is 0 Å². The Hall–Kier alpha value is -0.550. The summed E-state index contributed by atoms with van der Waals surface area (Å²) in [7, 11) is -3.95. The average molecular weight is 175 g/mol. The first-order chi connectivity index (χ1) is 5.09. The molecule has 2 rings (SSSR count). The normalized spacial score (nSPS) is 29.4. The average Bonchev–Trinajstić information content (AvgIpc) is 2.05. The second-order valence-corrected chi connectivity index (χ2v) is 4.26. The van der Waals surface area contributed by atoms with Crippen molar-refractivity contribution in [3.05, 3.63) is 11.1 Å². The third kappa shape index (κ3) is 0.954. The summed E-state index contributed by atoms with van der Waals surface area (Å²) < 4.78 is 30.0. The minimum absolute atomic E-state index is 0.105. The van der Waals surface area contributed by atoms with Crippen molar-refractivity contribution in [2.45, 2.75) is 18.9 Å². The maximum atomic E-state index is 10.7. The molecule has 1 N–H and O–H groups in total. The Morgan fingerprint density at radius 3 is 2.64 bits per heavy atom. The van der Waals surface area contributed by atoms with E-state index in [1.165, 1.54) is 0 Å². The van der Waals surface area contributed by atoms with Gasteiger partial charge in [0.2, 0.25) is 0 Å². The van der Waals surface area contributed by atoms with Crippen LogP contribution in [0, 0.1) is 0 Å². The van der Waals surface area contributed by atoms with Crippen molar-refractivity contribution < 1.29 is 13.0 Å². The van der Waals surface area contributed by atoms with Crippen molar-refractivity contribution in [1.82, 2.24) is 4.90 Å². The van der Waals surface area contributed by atoms with E-state index in [1.54, 1.807) is 11.0 Å². The van der Waals surface area contributed by atoms with Gasteiger partial charge in [0.25, 0.3) is 0 Å². The second-order valence-electron chi connectivity index (χ2n) is 2.89. The van der Waals surface area contributed by atoms with Crippen molar-refractivity contribution >= 4 is 10.1 Å². The highest BCUT2D eigenvalue weighted by atomic mass is 32.2. The van der Waals surface area contributed by atoms with Crippen molar-refractivity contribution in [1.29, 1.82) is 0 Å². The first-order valence-electron chi connectivity index (χ1n) is 3.53. The summed E-state index contributed by atoms with van der Waals surface area (Å²) in [6.45, 7) is 0.760. The maximum absolute atomic E-state index is 10.7. The van der Waals surface area contributed by atoms with Crippen molar-refractivity contribution in [3.8, 4) is 0 Å². The molecule has 1 fully saturated rings. The summed E-state index contributed by atoms with van der Waals surface area (Å²) in [5.74, 6) is 0. The van der Waals surface area contributed by atoms with Gasteiger partial charge in [-0.15, -0.1) is 0 Å². The molecule has 5 heteroatoms. The van der Waals surface area contributed by atoms with E-state index in [0.717, 1.165) is 19.4 Å². The number of nitrogens with zero attached hydrogens (tertiary/aromatic N) is 1. The van der Waals surface area contributed by atoms with Crippen molar-refractivity contribution in [2.75, 3.05) is 6.54 Å². The van der Waals surface area contributed by atoms with Gasteiger partial charge in [-0.1, -0.05) is 0 Å². The molecule has 0 aromatic rings. The molecule has 2 aliphatic rings. The molecule has 62 valence electrons. The van der Waals surface area contributed by atoms with E-state index in [0.29, 0.717) is 6.04 Å². The van der Waals surface area contributed by atoms with Gasteiger partial charge in [-0.25, -0.2) is 0 Å². The quantitative estimate of drug-likeness (QED) is 0.578. The molecule has 0 aliphatic carbocycles. The first-order valence-corrected chi connectivity index (χ1v) is 4.97. The highest BCUT2D eigenvalue weighted by molar-refractivity contribution is 7.89. The summed E-state index contributed by atoms with van der Waals surface area (Å²) >= 11 is 0. The molecule has 0 saturated carbocycles. The Balaban J connectivity index is 2.29. The van der Waals surface area contributed by atoms with Crippen LogP contribution < -0.4 is 0 Å². The van der Waals surface area contributed by atoms with Crippen molar-refractivity contribution in [2.24, 2.45) is 0 Å². The molecule has 0 radical (unpaired) electrons. The van der Waals surface area contributed by atoms with Crippen molar-refractivity contribution in [3.63, 3.8) is 0 Å². The Bertz CT molecular complexity index is 306. The second kappa shape index (κ2) is 1.98. The molecule has 2 heterocycles. The van der Waals surface area contributed by atoms with Gasteiger partial charge in [0.05, 0.1) is 0 Å². The molecule has 0 spiro atoms. The number of fused-ring (bicyclic) bond motifs is 1. The smallest absolute Gasteiger partial charge is 0.309 e. The minimum Gasteiger partial charge on any atom is -0.357 e. The van der Waals surface area contributed by atoms with Crippen LogP contribution in [0.4, 0.5) is 0 Å². The van der Waals surface area contributed by atoms with Crippen LogP contribution in [-0.2, 0) is 10.1 Å². The highest BCUT2D eigenvalue weighted by Gasteiger charge is 2.38. The Labute approximate surface area is 65.3 Å². The van der Waals surface area contributed by atoms with E-state index in [2.05, 4.69) is 0 Å². The molecule has 1 unspecified atom stereocenters. The van der Waals surface area contributed by atoms with E-state index in [4.69, 9.17) is 4.55 Å². The zero-order chi connectivity index (χ0) is 8.06. The van der Waals surface area contributed by atoms with Crippen LogP contribution in [-0.4, -0.2) is 30.5 Å². The predicted octanol–water partition coefficient (Wildman–Crippen LogP) is 0.194. The third-order valence-electron chi connectivity index (χ3n) is 2.26. The van der Waals surface area contributed by atoms with E-state index in [1.807, 2.05) is 0 Å². The van der Waals surface area contributed by atoms with Gasteiger partial charge in [-0.05, 0) is 18.9 Å². The lowest BCUT2D eigenvalue weighted by Crippen LogP contribution is -2.44. The molecule has 1 atom stereocenters. The van der Waals surface area contributed by atoms with Gasteiger partial charge < -0.3 is 4.90 Å². The number of rotatable bonds is 1. The standard InChI is InChI=1S/C6H9NO3S/c8-11(9,10)6-2-1-5-3-4-7(5)6/h2,5H,1,3-4H2,(H,8,9,10). The van der Waals surface area contributed by atoms with Crippen LogP contribution in [0.25, 0.3) is 0 Å². The van der Waals surface area contributed by atoms with Crippen LogP contribution in [0.3, 0.4) is 0 Å². The minimum atomic E-state index is -3.95. The van der Waals surface area contributed by atoms with E-state index in [-0.39, 0.29) is 5.03 Å². The highest BCUT2D eigenvalue weighted by Crippen LogP contribution is 2.34. The molecule has 11 heavy (non-hydrogen) atoms. The molecular weight excluding hydrogens is 166 g/mol. The number of hydrogen-bond acceptors (Lipinski definition) is 3. The number of hydrogen-bond donors (Lipinski definition) is 1. The fourth-order valence-corrected chi connectivity index (χ4v) is 2.43. The van der Waals surface area contributed by atoms with Crippen LogP contribution in [0.2, 0.25) is 0 Å². The van der Waals surface area contributed by atoms with E-state index in [9.17, 15) is 8.42 Å². The van der Waals surface area contributed by atoms with Gasteiger partial charge in [0.15, 0.2) is 5.03 Å². The summed E-state index contributed by atoms with van der Waals surface area (Å²) in [6, 6.07) is 0.340. The molecule has 0 aromatic carbocycles. The molecular formula is C6H9NO3S. The van der Waals surface area contributed by atoms with Crippen LogP contribution in [0.1, 0.15) is 12.8 Å². The van der Waals surface area contributed by atoms with Gasteiger partial charge in [0.1, 0.15) is 0 Å². The largest absolute Gasteiger partial charge is 0.357 e. The van der Waals surface area contributed by atoms with Crippen LogP contribution in [0.15, 0.2) is 11.1 Å². The molecule has 1 saturated heterocycles. The molecule has 0 aromatic heterocycles. The predicted molar refractivity (Wildman–Crippen MR) is 39.4 cm³/mol. The zero-order valence-electron chi connectivity index (χ0n) is 5.90. The fraction of sp³-hybridized carbons (Fsp3) is 0.667. The van der Waals surface area contributed by atoms with Crippen LogP contribution in [0.5, 0.6) is 0 Å². The monoisotopic (exact) mass is 175 g/mol. The fourth-order valence-electron chi connectivity index (χ4n) is 1.58.